The molecule has 1 amide bonds. The number of pyridine rings is 1. The topological polar surface area (TPSA) is 51.2 Å². The molecule has 5 heteroatoms. The Hall–Kier alpha value is -1.13. The van der Waals surface area contributed by atoms with Crippen molar-refractivity contribution in [1.82, 2.24) is 10.3 Å². The first kappa shape index (κ1) is 11.4. The zero-order chi connectivity index (χ0) is 11.4. The van der Waals surface area contributed by atoms with Gasteiger partial charge < -0.3 is 10.1 Å². The molecule has 0 saturated carbocycles. The summed E-state index contributed by atoms with van der Waals surface area (Å²) >= 11 is 5.84. The van der Waals surface area contributed by atoms with Gasteiger partial charge in [-0.1, -0.05) is 11.6 Å². The van der Waals surface area contributed by atoms with Crippen LogP contribution in [-0.4, -0.2) is 30.1 Å². The number of carbonyl (C=O) groups is 1. The summed E-state index contributed by atoms with van der Waals surface area (Å²) in [6.45, 7) is 1.40. The average Bonchev–Trinajstić information content (AvgIpc) is 2.31. The second kappa shape index (κ2) is 5.27. The monoisotopic (exact) mass is 240 g/mol. The van der Waals surface area contributed by atoms with Crippen LogP contribution in [0, 0.1) is 0 Å². The van der Waals surface area contributed by atoms with E-state index in [1.165, 1.54) is 0 Å². The lowest BCUT2D eigenvalue weighted by atomic mass is 10.1. The third-order valence-electron chi connectivity index (χ3n) is 2.56. The van der Waals surface area contributed by atoms with Gasteiger partial charge in [0.15, 0.2) is 0 Å². The summed E-state index contributed by atoms with van der Waals surface area (Å²) in [5.41, 5.74) is 0.427. The highest BCUT2D eigenvalue weighted by Crippen LogP contribution is 2.13. The summed E-state index contributed by atoms with van der Waals surface area (Å²) in [5, 5.41) is 3.18. The molecule has 0 aliphatic carbocycles. The fourth-order valence-corrected chi connectivity index (χ4v) is 1.87. The van der Waals surface area contributed by atoms with Crippen LogP contribution in [0.3, 0.4) is 0 Å². The number of hydrogen-bond donors (Lipinski definition) is 1. The molecule has 1 aromatic heterocycles. The molecule has 0 radical (unpaired) electrons. The van der Waals surface area contributed by atoms with Crippen molar-refractivity contribution in [2.45, 2.75) is 18.9 Å². The molecule has 0 atom stereocenters. The number of aromatic nitrogens is 1. The summed E-state index contributed by atoms with van der Waals surface area (Å²) in [7, 11) is 0. The molecule has 1 aromatic rings. The maximum Gasteiger partial charge on any atom is 0.254 e. The van der Waals surface area contributed by atoms with Crippen molar-refractivity contribution >= 4 is 17.5 Å². The molecule has 1 aliphatic heterocycles. The van der Waals surface area contributed by atoms with Crippen LogP contribution >= 0.6 is 11.6 Å². The van der Waals surface area contributed by atoms with Crippen molar-refractivity contribution in [3.63, 3.8) is 0 Å². The first-order valence-corrected chi connectivity index (χ1v) is 5.64. The summed E-state index contributed by atoms with van der Waals surface area (Å²) in [6.07, 6.45) is 3.26. The average molecular weight is 241 g/mol. The minimum atomic E-state index is -0.162. The highest BCUT2D eigenvalue weighted by molar-refractivity contribution is 6.32. The van der Waals surface area contributed by atoms with E-state index in [2.05, 4.69) is 10.3 Å². The Morgan fingerprint density at radius 2 is 2.25 bits per heavy atom. The standard InChI is InChI=1S/C11H13ClN2O2/c12-10-9(2-1-5-13-10)11(15)14-8-3-6-16-7-4-8/h1-2,5,8H,3-4,6-7H2,(H,14,15). The molecule has 86 valence electrons. The van der Waals surface area contributed by atoms with Crippen LogP contribution in [0.2, 0.25) is 5.15 Å². The van der Waals surface area contributed by atoms with Crippen LogP contribution < -0.4 is 5.32 Å². The molecule has 0 bridgehead atoms. The van der Waals surface area contributed by atoms with E-state index < -0.39 is 0 Å². The first-order valence-electron chi connectivity index (χ1n) is 5.26. The van der Waals surface area contributed by atoms with Crippen LogP contribution in [0.5, 0.6) is 0 Å². The van der Waals surface area contributed by atoms with E-state index in [1.807, 2.05) is 0 Å². The molecule has 16 heavy (non-hydrogen) atoms. The Morgan fingerprint density at radius 3 is 2.94 bits per heavy atom. The van der Waals surface area contributed by atoms with Gasteiger partial charge in [0, 0.05) is 25.5 Å². The lowest BCUT2D eigenvalue weighted by Gasteiger charge is -2.23. The highest BCUT2D eigenvalue weighted by atomic mass is 35.5. The van der Waals surface area contributed by atoms with E-state index >= 15 is 0 Å². The minimum Gasteiger partial charge on any atom is -0.381 e. The Balaban J connectivity index is 2.00. The highest BCUT2D eigenvalue weighted by Gasteiger charge is 2.18. The van der Waals surface area contributed by atoms with E-state index in [-0.39, 0.29) is 17.1 Å². The van der Waals surface area contributed by atoms with E-state index in [0.717, 1.165) is 12.8 Å². The fraction of sp³-hybridized carbons (Fsp3) is 0.455. The lowest BCUT2D eigenvalue weighted by Crippen LogP contribution is -2.39. The predicted molar refractivity (Wildman–Crippen MR) is 60.6 cm³/mol. The van der Waals surface area contributed by atoms with Crippen LogP contribution in [-0.2, 0) is 4.74 Å². The van der Waals surface area contributed by atoms with Crippen LogP contribution in [0.1, 0.15) is 23.2 Å². The predicted octanol–water partition coefficient (Wildman–Crippen LogP) is 1.64. The Labute approximate surface area is 99.0 Å². The normalized spacial score (nSPS) is 17.1. The van der Waals surface area contributed by atoms with Gasteiger partial charge in [-0.25, -0.2) is 4.98 Å². The van der Waals surface area contributed by atoms with Gasteiger partial charge in [-0.15, -0.1) is 0 Å². The Morgan fingerprint density at radius 1 is 1.50 bits per heavy atom. The Bertz CT molecular complexity index is 378. The molecule has 2 rings (SSSR count). The van der Waals surface area contributed by atoms with Crippen LogP contribution in [0.25, 0.3) is 0 Å². The molecule has 2 heterocycles. The second-order valence-corrected chi connectivity index (χ2v) is 4.06. The zero-order valence-corrected chi connectivity index (χ0v) is 9.54. The van der Waals surface area contributed by atoms with E-state index in [0.29, 0.717) is 18.8 Å². The number of carbonyl (C=O) groups excluding carboxylic acids is 1. The number of rotatable bonds is 2. The molecule has 1 fully saturated rings. The molecular weight excluding hydrogens is 228 g/mol. The zero-order valence-electron chi connectivity index (χ0n) is 8.78. The van der Waals surface area contributed by atoms with Crippen molar-refractivity contribution in [2.75, 3.05) is 13.2 Å². The van der Waals surface area contributed by atoms with Gasteiger partial charge in [0.1, 0.15) is 5.15 Å². The molecule has 4 nitrogen and oxygen atoms in total. The number of nitrogens with zero attached hydrogens (tertiary/aromatic N) is 1. The van der Waals surface area contributed by atoms with Crippen molar-refractivity contribution in [2.24, 2.45) is 0 Å². The number of hydrogen-bond acceptors (Lipinski definition) is 3. The SMILES string of the molecule is O=C(NC1CCOCC1)c1cccnc1Cl. The second-order valence-electron chi connectivity index (χ2n) is 3.70. The largest absolute Gasteiger partial charge is 0.381 e. The van der Waals surface area contributed by atoms with Gasteiger partial charge in [-0.2, -0.15) is 0 Å². The molecule has 0 spiro atoms. The van der Waals surface area contributed by atoms with Crippen molar-refractivity contribution in [3.8, 4) is 0 Å². The van der Waals surface area contributed by atoms with Gasteiger partial charge in [0.2, 0.25) is 0 Å². The van der Waals surface area contributed by atoms with E-state index in [9.17, 15) is 4.79 Å². The van der Waals surface area contributed by atoms with Crippen LogP contribution in [0.4, 0.5) is 0 Å². The van der Waals surface area contributed by atoms with Gasteiger partial charge in [0.05, 0.1) is 5.56 Å². The third-order valence-corrected chi connectivity index (χ3v) is 2.86. The summed E-state index contributed by atoms with van der Waals surface area (Å²) in [4.78, 5) is 15.7. The summed E-state index contributed by atoms with van der Waals surface area (Å²) in [6, 6.07) is 3.55. The number of ether oxygens (including phenoxy) is 1. The molecule has 0 unspecified atom stereocenters. The van der Waals surface area contributed by atoms with Gasteiger partial charge in [-0.3, -0.25) is 4.79 Å². The van der Waals surface area contributed by atoms with Crippen molar-refractivity contribution in [1.29, 1.82) is 0 Å². The first-order chi connectivity index (χ1) is 7.77. The van der Waals surface area contributed by atoms with Gasteiger partial charge in [0.25, 0.3) is 5.91 Å². The van der Waals surface area contributed by atoms with Gasteiger partial charge >= 0.3 is 0 Å². The number of amides is 1. The third kappa shape index (κ3) is 2.71. The quantitative estimate of drug-likeness (QED) is 0.800. The molecular formula is C11H13ClN2O2. The van der Waals surface area contributed by atoms with E-state index in [1.54, 1.807) is 18.3 Å². The molecule has 0 aromatic carbocycles. The maximum atomic E-state index is 11.9. The number of nitrogens with one attached hydrogen (secondary N) is 1. The maximum absolute atomic E-state index is 11.9. The van der Waals surface area contributed by atoms with E-state index in [4.69, 9.17) is 16.3 Å². The smallest absolute Gasteiger partial charge is 0.254 e. The van der Waals surface area contributed by atoms with Crippen molar-refractivity contribution in [3.05, 3.63) is 29.0 Å². The fourth-order valence-electron chi connectivity index (χ4n) is 1.66. The number of halogens is 1. The molecule has 1 N–H and O–H groups in total. The minimum absolute atomic E-state index is 0.162. The molecule has 1 aliphatic rings. The summed E-state index contributed by atoms with van der Waals surface area (Å²) in [5.74, 6) is -0.162. The van der Waals surface area contributed by atoms with Crippen molar-refractivity contribution < 1.29 is 9.53 Å². The molecule has 1 saturated heterocycles. The van der Waals surface area contributed by atoms with Gasteiger partial charge in [-0.05, 0) is 25.0 Å². The lowest BCUT2D eigenvalue weighted by molar-refractivity contribution is 0.0696. The Kier molecular flexibility index (Phi) is 3.74. The summed E-state index contributed by atoms with van der Waals surface area (Å²) < 4.78 is 5.22. The van der Waals surface area contributed by atoms with Crippen LogP contribution in [0.15, 0.2) is 18.3 Å².